The smallest absolute Gasteiger partial charge is 0.217 e. The molecule has 1 aromatic carbocycles. The molecule has 4 nitrogen and oxygen atoms in total. The van der Waals surface area contributed by atoms with E-state index in [4.69, 9.17) is 27.9 Å². The molecule has 0 radical (unpaired) electrons. The Hall–Kier alpha value is -1.52. The van der Waals surface area contributed by atoms with Gasteiger partial charge in [-0.15, -0.1) is 0 Å². The van der Waals surface area contributed by atoms with Crippen LogP contribution in [0.3, 0.4) is 0 Å². The summed E-state index contributed by atoms with van der Waals surface area (Å²) in [5.41, 5.74) is 0.689. The van der Waals surface area contributed by atoms with Gasteiger partial charge in [0.1, 0.15) is 10.7 Å². The van der Waals surface area contributed by atoms with Crippen LogP contribution in [-0.4, -0.2) is 23.0 Å². The lowest BCUT2D eigenvalue weighted by molar-refractivity contribution is -0.120. The summed E-state index contributed by atoms with van der Waals surface area (Å²) < 4.78 is 6.14. The number of pyridine rings is 1. The number of nitrogens with one attached hydrogen (secondary N) is 1. The number of nitrogens with zero attached hydrogens (tertiary/aromatic N) is 1. The molecule has 0 saturated heterocycles. The first-order valence-corrected chi connectivity index (χ1v) is 8.47. The number of ether oxygens (including phenoxy) is 1. The van der Waals surface area contributed by atoms with E-state index in [9.17, 15) is 4.79 Å². The number of fused-ring (bicyclic) bond motifs is 1. The van der Waals surface area contributed by atoms with Crippen LogP contribution in [0.5, 0.6) is 5.75 Å². The van der Waals surface area contributed by atoms with Crippen LogP contribution in [0.4, 0.5) is 0 Å². The molecule has 1 aliphatic rings. The number of aromatic nitrogens is 1. The highest BCUT2D eigenvalue weighted by molar-refractivity contribution is 6.33. The van der Waals surface area contributed by atoms with Crippen molar-refractivity contribution in [3.63, 3.8) is 0 Å². The maximum Gasteiger partial charge on any atom is 0.217 e. The van der Waals surface area contributed by atoms with Crippen molar-refractivity contribution in [3.8, 4) is 5.75 Å². The first-order valence-electron chi connectivity index (χ1n) is 7.71. The summed E-state index contributed by atoms with van der Waals surface area (Å²) in [4.78, 5) is 15.5. The summed E-state index contributed by atoms with van der Waals surface area (Å²) >= 11 is 12.3. The molecule has 1 amide bonds. The monoisotopic (exact) mass is 352 g/mol. The molecule has 1 heterocycles. The van der Waals surface area contributed by atoms with Gasteiger partial charge in [-0.2, -0.15) is 0 Å². The van der Waals surface area contributed by atoms with E-state index in [2.05, 4.69) is 10.3 Å². The van der Waals surface area contributed by atoms with E-state index in [1.54, 1.807) is 13.0 Å². The van der Waals surface area contributed by atoms with Crippen LogP contribution in [-0.2, 0) is 4.79 Å². The molecular weight excluding hydrogens is 335 g/mol. The molecule has 122 valence electrons. The number of hydrogen-bond acceptors (Lipinski definition) is 3. The zero-order valence-electron chi connectivity index (χ0n) is 12.8. The van der Waals surface area contributed by atoms with Gasteiger partial charge in [-0.25, -0.2) is 4.98 Å². The largest absolute Gasteiger partial charge is 0.487 e. The minimum Gasteiger partial charge on any atom is -0.487 e. The molecule has 1 aliphatic carbocycles. The second-order valence-corrected chi connectivity index (χ2v) is 6.67. The summed E-state index contributed by atoms with van der Waals surface area (Å²) in [6.07, 6.45) is 3.63. The molecule has 1 saturated carbocycles. The van der Waals surface area contributed by atoms with E-state index in [1.807, 2.05) is 18.2 Å². The van der Waals surface area contributed by atoms with Gasteiger partial charge in [0.05, 0.1) is 11.1 Å². The predicted octanol–water partition coefficient (Wildman–Crippen LogP) is 4.37. The molecule has 0 atom stereocenters. The molecule has 0 bridgehead atoms. The van der Waals surface area contributed by atoms with Crippen LogP contribution in [0, 0.1) is 0 Å². The van der Waals surface area contributed by atoms with Crippen molar-refractivity contribution in [1.82, 2.24) is 10.3 Å². The Labute approximate surface area is 145 Å². The van der Waals surface area contributed by atoms with Gasteiger partial charge in [-0.3, -0.25) is 4.79 Å². The lowest BCUT2D eigenvalue weighted by atomic mass is 9.93. The topological polar surface area (TPSA) is 51.2 Å². The van der Waals surface area contributed by atoms with E-state index in [0.29, 0.717) is 21.4 Å². The van der Waals surface area contributed by atoms with E-state index in [-0.39, 0.29) is 18.1 Å². The Morgan fingerprint density at radius 2 is 1.87 bits per heavy atom. The van der Waals surface area contributed by atoms with Gasteiger partial charge in [0.2, 0.25) is 5.91 Å². The fourth-order valence-corrected chi connectivity index (χ4v) is 3.35. The van der Waals surface area contributed by atoms with Crippen LogP contribution < -0.4 is 10.1 Å². The normalized spacial score (nSPS) is 21.2. The molecule has 23 heavy (non-hydrogen) atoms. The molecule has 1 N–H and O–H groups in total. The highest BCUT2D eigenvalue weighted by atomic mass is 35.5. The molecule has 0 spiro atoms. The van der Waals surface area contributed by atoms with Crippen molar-refractivity contribution in [1.29, 1.82) is 0 Å². The Morgan fingerprint density at radius 1 is 1.17 bits per heavy atom. The van der Waals surface area contributed by atoms with Crippen molar-refractivity contribution in [2.45, 2.75) is 44.8 Å². The van der Waals surface area contributed by atoms with Crippen molar-refractivity contribution in [2.75, 3.05) is 0 Å². The standard InChI is InChI=1S/C17H18Cl2N2O2/c1-10(22)20-12-4-6-13(7-5-12)23-17-14(18)8-2-11-3-9-15(19)21-16(11)17/h2-3,8-9,12-13H,4-7H2,1H3,(H,20,22). The van der Waals surface area contributed by atoms with Crippen LogP contribution in [0.2, 0.25) is 10.2 Å². The average molecular weight is 353 g/mol. The maximum atomic E-state index is 11.1. The zero-order valence-corrected chi connectivity index (χ0v) is 14.3. The molecule has 3 rings (SSSR count). The fourth-order valence-electron chi connectivity index (χ4n) is 3.01. The predicted molar refractivity (Wildman–Crippen MR) is 92.3 cm³/mol. The molecule has 1 aromatic heterocycles. The van der Waals surface area contributed by atoms with E-state index < -0.39 is 0 Å². The number of amides is 1. The third-order valence-electron chi connectivity index (χ3n) is 4.10. The second kappa shape index (κ2) is 6.93. The number of hydrogen-bond donors (Lipinski definition) is 1. The SMILES string of the molecule is CC(=O)NC1CCC(Oc2c(Cl)ccc3ccc(Cl)nc23)CC1. The first-order chi connectivity index (χ1) is 11.0. The number of carbonyl (C=O) groups is 1. The minimum absolute atomic E-state index is 0.0188. The van der Waals surface area contributed by atoms with Gasteiger partial charge in [0.25, 0.3) is 0 Å². The summed E-state index contributed by atoms with van der Waals surface area (Å²) in [6.45, 7) is 1.55. The third kappa shape index (κ3) is 3.88. The van der Waals surface area contributed by atoms with Gasteiger partial charge in [0.15, 0.2) is 5.75 Å². The average Bonchev–Trinajstić information content (AvgIpc) is 2.51. The van der Waals surface area contributed by atoms with Crippen molar-refractivity contribution in [2.24, 2.45) is 0 Å². The number of halogens is 2. The summed E-state index contributed by atoms with van der Waals surface area (Å²) in [5, 5.41) is 4.86. The Morgan fingerprint density at radius 3 is 2.57 bits per heavy atom. The van der Waals surface area contributed by atoms with E-state index >= 15 is 0 Å². The van der Waals surface area contributed by atoms with Crippen molar-refractivity contribution in [3.05, 3.63) is 34.4 Å². The lowest BCUT2D eigenvalue weighted by Gasteiger charge is -2.29. The highest BCUT2D eigenvalue weighted by Crippen LogP contribution is 2.35. The molecule has 0 unspecified atom stereocenters. The number of carbonyl (C=O) groups excluding carboxylic acids is 1. The van der Waals surface area contributed by atoms with Gasteiger partial charge >= 0.3 is 0 Å². The van der Waals surface area contributed by atoms with Crippen molar-refractivity contribution < 1.29 is 9.53 Å². The van der Waals surface area contributed by atoms with Crippen LogP contribution in [0.15, 0.2) is 24.3 Å². The van der Waals surface area contributed by atoms with Gasteiger partial charge < -0.3 is 10.1 Å². The molecule has 0 aliphatic heterocycles. The Balaban J connectivity index is 1.76. The van der Waals surface area contributed by atoms with Gasteiger partial charge in [0, 0.05) is 18.4 Å². The number of rotatable bonds is 3. The van der Waals surface area contributed by atoms with Crippen molar-refractivity contribution >= 4 is 40.0 Å². The Kier molecular flexibility index (Phi) is 4.93. The molecule has 2 aromatic rings. The molecular formula is C17H18Cl2N2O2. The summed E-state index contributed by atoms with van der Waals surface area (Å²) in [5.74, 6) is 0.611. The van der Waals surface area contributed by atoms with Crippen LogP contribution in [0.1, 0.15) is 32.6 Å². The van der Waals surface area contributed by atoms with Crippen LogP contribution in [0.25, 0.3) is 10.9 Å². The third-order valence-corrected chi connectivity index (χ3v) is 4.61. The zero-order chi connectivity index (χ0) is 16.4. The van der Waals surface area contributed by atoms with Crippen LogP contribution >= 0.6 is 23.2 Å². The number of benzene rings is 1. The van der Waals surface area contributed by atoms with Gasteiger partial charge in [-0.1, -0.05) is 29.3 Å². The fraction of sp³-hybridized carbons (Fsp3) is 0.412. The van der Waals surface area contributed by atoms with E-state index in [0.717, 1.165) is 31.1 Å². The first kappa shape index (κ1) is 16.3. The maximum absolute atomic E-state index is 11.1. The minimum atomic E-state index is 0.0188. The Bertz CT molecular complexity index is 723. The summed E-state index contributed by atoms with van der Waals surface area (Å²) in [7, 11) is 0. The molecule has 6 heteroatoms. The molecule has 1 fully saturated rings. The van der Waals surface area contributed by atoms with E-state index in [1.165, 1.54) is 0 Å². The summed E-state index contributed by atoms with van der Waals surface area (Å²) in [6, 6.07) is 7.61. The van der Waals surface area contributed by atoms with Gasteiger partial charge in [-0.05, 0) is 43.9 Å². The highest BCUT2D eigenvalue weighted by Gasteiger charge is 2.24. The lowest BCUT2D eigenvalue weighted by Crippen LogP contribution is -2.38. The second-order valence-electron chi connectivity index (χ2n) is 5.87. The quantitative estimate of drug-likeness (QED) is 0.834.